The van der Waals surface area contributed by atoms with E-state index >= 15 is 0 Å². The second-order valence-electron chi connectivity index (χ2n) is 5.70. The standard InChI is InChI=1S/C17H22N6O.2ClH/c18-16(19)22-15-3-1-2-13(10-15)4-5-14-11-20-17(21-12-14)23-6-8-24-9-7-23;;/h1-3,10-12H,4-9H2,(H4,18,19,22);2*1H. The Morgan fingerprint density at radius 3 is 2.35 bits per heavy atom. The fourth-order valence-electron chi connectivity index (χ4n) is 2.62. The number of aliphatic imine (C=N–C) groups is 1. The van der Waals surface area contributed by atoms with Crippen molar-refractivity contribution in [1.29, 1.82) is 0 Å². The summed E-state index contributed by atoms with van der Waals surface area (Å²) in [5.74, 6) is 0.844. The molecule has 0 saturated carbocycles. The minimum atomic E-state index is 0. The van der Waals surface area contributed by atoms with Gasteiger partial charge in [-0.3, -0.25) is 0 Å². The van der Waals surface area contributed by atoms with Gasteiger partial charge in [-0.1, -0.05) is 12.1 Å². The molecule has 1 aliphatic heterocycles. The van der Waals surface area contributed by atoms with Gasteiger partial charge in [0.25, 0.3) is 0 Å². The number of hydrogen-bond donors (Lipinski definition) is 2. The van der Waals surface area contributed by atoms with Crippen LogP contribution in [0.2, 0.25) is 0 Å². The lowest BCUT2D eigenvalue weighted by molar-refractivity contribution is 0.122. The van der Waals surface area contributed by atoms with Gasteiger partial charge in [0.15, 0.2) is 5.96 Å². The molecule has 7 nitrogen and oxygen atoms in total. The molecule has 1 aromatic carbocycles. The second-order valence-corrected chi connectivity index (χ2v) is 5.70. The molecule has 4 N–H and O–H groups in total. The average Bonchev–Trinajstić information content (AvgIpc) is 2.61. The van der Waals surface area contributed by atoms with Gasteiger partial charge in [-0.25, -0.2) is 15.0 Å². The number of nitrogens with zero attached hydrogens (tertiary/aromatic N) is 4. The van der Waals surface area contributed by atoms with Gasteiger partial charge in [0.1, 0.15) is 0 Å². The maximum Gasteiger partial charge on any atom is 0.225 e. The number of rotatable bonds is 5. The van der Waals surface area contributed by atoms with Crippen molar-refractivity contribution in [2.75, 3.05) is 31.2 Å². The molecule has 0 bridgehead atoms. The first-order valence-electron chi connectivity index (χ1n) is 8.03. The second kappa shape index (κ2) is 10.8. The zero-order valence-electron chi connectivity index (χ0n) is 14.4. The quantitative estimate of drug-likeness (QED) is 0.588. The smallest absolute Gasteiger partial charge is 0.225 e. The highest BCUT2D eigenvalue weighted by Crippen LogP contribution is 2.16. The molecular weight excluding hydrogens is 375 g/mol. The molecule has 0 amide bonds. The molecule has 0 atom stereocenters. The maximum atomic E-state index is 5.41. The number of anilines is 1. The van der Waals surface area contributed by atoms with E-state index in [0.717, 1.165) is 56.3 Å². The zero-order valence-corrected chi connectivity index (χ0v) is 16.0. The van der Waals surface area contributed by atoms with Gasteiger partial charge in [0.2, 0.25) is 5.95 Å². The molecule has 1 fully saturated rings. The molecule has 142 valence electrons. The molecule has 2 heterocycles. The van der Waals surface area contributed by atoms with Gasteiger partial charge in [-0.15, -0.1) is 24.8 Å². The highest BCUT2D eigenvalue weighted by Gasteiger charge is 2.13. The van der Waals surface area contributed by atoms with Crippen molar-refractivity contribution in [2.24, 2.45) is 16.5 Å². The first kappa shape index (κ1) is 22.0. The van der Waals surface area contributed by atoms with E-state index < -0.39 is 0 Å². The number of ether oxygens (including phenoxy) is 1. The number of aromatic nitrogens is 2. The van der Waals surface area contributed by atoms with Crippen molar-refractivity contribution in [3.63, 3.8) is 0 Å². The number of nitrogens with two attached hydrogens (primary N) is 2. The zero-order chi connectivity index (χ0) is 16.8. The van der Waals surface area contributed by atoms with Gasteiger partial charge in [-0.05, 0) is 36.1 Å². The van der Waals surface area contributed by atoms with Crippen LogP contribution in [0, 0.1) is 0 Å². The van der Waals surface area contributed by atoms with Crippen LogP contribution in [-0.4, -0.2) is 42.2 Å². The monoisotopic (exact) mass is 398 g/mol. The van der Waals surface area contributed by atoms with Crippen molar-refractivity contribution in [3.8, 4) is 0 Å². The summed E-state index contributed by atoms with van der Waals surface area (Å²) in [5, 5.41) is 0. The third-order valence-electron chi connectivity index (χ3n) is 3.86. The molecular formula is C17H24Cl2N6O. The number of halogens is 2. The first-order valence-corrected chi connectivity index (χ1v) is 8.03. The average molecular weight is 399 g/mol. The van der Waals surface area contributed by atoms with E-state index in [1.54, 1.807) is 0 Å². The van der Waals surface area contributed by atoms with E-state index in [4.69, 9.17) is 16.2 Å². The highest BCUT2D eigenvalue weighted by molar-refractivity contribution is 5.85. The molecule has 9 heteroatoms. The van der Waals surface area contributed by atoms with Crippen LogP contribution in [0.15, 0.2) is 41.7 Å². The van der Waals surface area contributed by atoms with E-state index in [0.29, 0.717) is 0 Å². The van der Waals surface area contributed by atoms with Gasteiger partial charge < -0.3 is 21.1 Å². The molecule has 0 spiro atoms. The number of benzene rings is 1. The lowest BCUT2D eigenvalue weighted by Gasteiger charge is -2.26. The lowest BCUT2D eigenvalue weighted by atomic mass is 10.1. The Balaban J connectivity index is 0.00000169. The van der Waals surface area contributed by atoms with Crippen LogP contribution in [0.25, 0.3) is 0 Å². The van der Waals surface area contributed by atoms with E-state index in [-0.39, 0.29) is 30.8 Å². The van der Waals surface area contributed by atoms with Crippen LogP contribution in [0.3, 0.4) is 0 Å². The van der Waals surface area contributed by atoms with Crippen molar-refractivity contribution in [3.05, 3.63) is 47.8 Å². The van der Waals surface area contributed by atoms with Crippen molar-refractivity contribution < 1.29 is 4.74 Å². The number of guanidine groups is 1. The SMILES string of the molecule is Cl.Cl.NC(N)=Nc1cccc(CCc2cnc(N3CCOCC3)nc2)c1. The summed E-state index contributed by atoms with van der Waals surface area (Å²) in [4.78, 5) is 15.2. The predicted molar refractivity (Wildman–Crippen MR) is 109 cm³/mol. The Morgan fingerprint density at radius 2 is 1.69 bits per heavy atom. The maximum absolute atomic E-state index is 5.41. The largest absolute Gasteiger partial charge is 0.378 e. The fraction of sp³-hybridized carbons (Fsp3) is 0.353. The fourth-order valence-corrected chi connectivity index (χ4v) is 2.62. The van der Waals surface area contributed by atoms with Crippen LogP contribution in [0.1, 0.15) is 11.1 Å². The minimum absolute atomic E-state index is 0. The van der Waals surface area contributed by atoms with Gasteiger partial charge in [0, 0.05) is 25.5 Å². The summed E-state index contributed by atoms with van der Waals surface area (Å²) in [6.07, 6.45) is 5.55. The van der Waals surface area contributed by atoms with Crippen molar-refractivity contribution in [1.82, 2.24) is 9.97 Å². The van der Waals surface area contributed by atoms with Crippen LogP contribution in [0.4, 0.5) is 11.6 Å². The molecule has 1 aliphatic rings. The van der Waals surface area contributed by atoms with Crippen LogP contribution in [0.5, 0.6) is 0 Å². The molecule has 0 unspecified atom stereocenters. The molecule has 0 aliphatic carbocycles. The van der Waals surface area contributed by atoms with E-state index in [1.807, 2.05) is 30.6 Å². The molecule has 1 aromatic heterocycles. The first-order chi connectivity index (χ1) is 11.7. The molecule has 3 rings (SSSR count). The summed E-state index contributed by atoms with van der Waals surface area (Å²) in [7, 11) is 0. The number of aryl methyl sites for hydroxylation is 2. The van der Waals surface area contributed by atoms with Crippen LogP contribution >= 0.6 is 24.8 Å². The Hall–Kier alpha value is -2.09. The Bertz CT molecular complexity index is 701. The third kappa shape index (κ3) is 6.33. The molecule has 1 saturated heterocycles. The van der Waals surface area contributed by atoms with Gasteiger partial charge in [-0.2, -0.15) is 0 Å². The highest BCUT2D eigenvalue weighted by atomic mass is 35.5. The van der Waals surface area contributed by atoms with Crippen LogP contribution in [-0.2, 0) is 17.6 Å². The molecule has 2 aromatic rings. The minimum Gasteiger partial charge on any atom is -0.378 e. The number of hydrogen-bond acceptors (Lipinski definition) is 5. The van der Waals surface area contributed by atoms with Crippen molar-refractivity contribution >= 4 is 42.4 Å². The predicted octanol–water partition coefficient (Wildman–Crippen LogP) is 1.85. The molecule has 0 radical (unpaired) electrons. The Morgan fingerprint density at radius 1 is 1.04 bits per heavy atom. The van der Waals surface area contributed by atoms with Gasteiger partial charge >= 0.3 is 0 Å². The van der Waals surface area contributed by atoms with Crippen molar-refractivity contribution in [2.45, 2.75) is 12.8 Å². The Labute approximate surface area is 165 Å². The number of morpholine rings is 1. The van der Waals surface area contributed by atoms with Crippen LogP contribution < -0.4 is 16.4 Å². The topological polar surface area (TPSA) is 103 Å². The summed E-state index contributed by atoms with van der Waals surface area (Å²) in [6, 6.07) is 7.88. The third-order valence-corrected chi connectivity index (χ3v) is 3.86. The van der Waals surface area contributed by atoms with E-state index in [9.17, 15) is 0 Å². The normalized spacial score (nSPS) is 13.3. The molecule has 26 heavy (non-hydrogen) atoms. The lowest BCUT2D eigenvalue weighted by Crippen LogP contribution is -2.37. The summed E-state index contributed by atoms with van der Waals surface area (Å²) in [5.41, 5.74) is 13.9. The van der Waals surface area contributed by atoms with E-state index in [2.05, 4.69) is 25.9 Å². The summed E-state index contributed by atoms with van der Waals surface area (Å²) < 4.78 is 5.34. The summed E-state index contributed by atoms with van der Waals surface area (Å²) >= 11 is 0. The summed E-state index contributed by atoms with van der Waals surface area (Å²) in [6.45, 7) is 3.16. The Kier molecular flexibility index (Phi) is 9.12. The van der Waals surface area contributed by atoms with E-state index in [1.165, 1.54) is 5.56 Å². The van der Waals surface area contributed by atoms with Gasteiger partial charge in [0.05, 0.1) is 18.9 Å².